The first kappa shape index (κ1) is 33.8. The number of likely N-dealkylation sites (tertiary alicyclic amines) is 1. The number of nitrogens with one attached hydrogen (secondary N) is 2. The number of piperidine rings is 1. The fraction of sp³-hybridized carbons (Fsp3) is 0.448. The summed E-state index contributed by atoms with van der Waals surface area (Å²) < 4.78 is 54.6. The maximum absolute atomic E-state index is 14.1. The lowest BCUT2D eigenvalue weighted by molar-refractivity contribution is -0.164. The molecule has 16 heteroatoms. The van der Waals surface area contributed by atoms with Crippen molar-refractivity contribution >= 4 is 45.5 Å². The van der Waals surface area contributed by atoms with Crippen LogP contribution >= 0.6 is 15.9 Å². The standard InChI is InChI=1S/C29H31BrF4N6O5/c1-27(2,37-26(44)45)24(42)36-21(9-6-17-13-18(31)7-8-20(17)30)23(41)39-12-10-22-28(15-39,14-19-5-3-4-11-35-19)25(43)40(38-22)16-29(32,33)34/h3-5,7-8,11,13,21,37H,6,9-10,12,14-16H2,1-2H3,(H,36,42)(H,44,45)/t21?,28-/m1/s1. The summed E-state index contributed by atoms with van der Waals surface area (Å²) in [5.41, 5.74) is -2.17. The molecule has 242 valence electrons. The zero-order valence-corrected chi connectivity index (χ0v) is 25.9. The van der Waals surface area contributed by atoms with Gasteiger partial charge in [0.05, 0.1) is 5.71 Å². The fourth-order valence-electron chi connectivity index (χ4n) is 5.44. The Bertz CT molecular complexity index is 1510. The number of amides is 4. The van der Waals surface area contributed by atoms with E-state index in [-0.39, 0.29) is 44.5 Å². The van der Waals surface area contributed by atoms with Crippen LogP contribution in [0.25, 0.3) is 0 Å². The number of pyridine rings is 1. The highest BCUT2D eigenvalue weighted by Crippen LogP contribution is 2.39. The molecule has 4 rings (SSSR count). The number of halogens is 5. The monoisotopic (exact) mass is 698 g/mol. The average Bonchev–Trinajstić information content (AvgIpc) is 3.20. The van der Waals surface area contributed by atoms with Crippen LogP contribution in [0.4, 0.5) is 22.4 Å². The van der Waals surface area contributed by atoms with E-state index in [4.69, 9.17) is 0 Å². The molecule has 1 unspecified atom stereocenters. The van der Waals surface area contributed by atoms with E-state index in [0.717, 1.165) is 0 Å². The molecular formula is C29H31BrF4N6O5. The Hall–Kier alpha value is -4.08. The van der Waals surface area contributed by atoms with Crippen molar-refractivity contribution < 1.29 is 41.8 Å². The second-order valence-electron chi connectivity index (χ2n) is 11.5. The first-order chi connectivity index (χ1) is 21.0. The number of nitrogens with zero attached hydrogens (tertiary/aromatic N) is 4. The molecule has 0 aliphatic carbocycles. The Kier molecular flexibility index (Phi) is 9.85. The fourth-order valence-corrected chi connectivity index (χ4v) is 5.88. The Morgan fingerprint density at radius 2 is 1.91 bits per heavy atom. The van der Waals surface area contributed by atoms with E-state index < -0.39 is 59.3 Å². The van der Waals surface area contributed by atoms with Crippen molar-refractivity contribution in [3.63, 3.8) is 0 Å². The minimum atomic E-state index is -4.72. The number of alkyl halides is 3. The van der Waals surface area contributed by atoms with E-state index in [9.17, 15) is 41.8 Å². The van der Waals surface area contributed by atoms with Gasteiger partial charge >= 0.3 is 12.3 Å². The van der Waals surface area contributed by atoms with Gasteiger partial charge in [0.25, 0.3) is 5.91 Å². The van der Waals surface area contributed by atoms with Gasteiger partial charge in [0.1, 0.15) is 29.4 Å². The normalized spacial score (nSPS) is 19.1. The number of hydrogen-bond donors (Lipinski definition) is 3. The Morgan fingerprint density at radius 3 is 2.56 bits per heavy atom. The molecule has 0 radical (unpaired) electrons. The van der Waals surface area contributed by atoms with E-state index >= 15 is 0 Å². The minimum Gasteiger partial charge on any atom is -0.465 e. The lowest BCUT2D eigenvalue weighted by atomic mass is 9.74. The number of carboxylic acid groups (broad SMARTS) is 1. The Balaban J connectivity index is 1.65. The molecule has 0 spiro atoms. The van der Waals surface area contributed by atoms with Crippen molar-refractivity contribution in [2.45, 2.75) is 57.3 Å². The van der Waals surface area contributed by atoms with Crippen molar-refractivity contribution in [2.75, 3.05) is 19.6 Å². The first-order valence-corrected chi connectivity index (χ1v) is 14.7. The second-order valence-corrected chi connectivity index (χ2v) is 12.3. The molecule has 0 saturated carbocycles. The first-order valence-electron chi connectivity index (χ1n) is 13.9. The number of benzene rings is 1. The van der Waals surface area contributed by atoms with Gasteiger partial charge in [0, 0.05) is 42.3 Å². The number of fused-ring (bicyclic) bond motifs is 1. The number of hydrazone groups is 1. The van der Waals surface area contributed by atoms with Gasteiger partial charge in [-0.1, -0.05) is 22.0 Å². The van der Waals surface area contributed by atoms with Gasteiger partial charge in [0.2, 0.25) is 11.8 Å². The van der Waals surface area contributed by atoms with E-state index in [0.29, 0.717) is 20.7 Å². The van der Waals surface area contributed by atoms with Crippen LogP contribution in [0.1, 0.15) is 37.9 Å². The Morgan fingerprint density at radius 1 is 1.18 bits per heavy atom. The van der Waals surface area contributed by atoms with E-state index in [2.05, 4.69) is 36.6 Å². The Labute approximate surface area is 264 Å². The molecule has 3 N–H and O–H groups in total. The quantitative estimate of drug-likeness (QED) is 0.323. The van der Waals surface area contributed by atoms with Crippen molar-refractivity contribution in [1.29, 1.82) is 0 Å². The van der Waals surface area contributed by atoms with Crippen LogP contribution in [0.2, 0.25) is 0 Å². The summed E-state index contributed by atoms with van der Waals surface area (Å²) in [6.45, 7) is 0.668. The van der Waals surface area contributed by atoms with Gasteiger partial charge in [-0.25, -0.2) is 14.2 Å². The molecule has 4 amide bonds. The smallest absolute Gasteiger partial charge is 0.408 e. The number of aromatic nitrogens is 1. The molecule has 2 aromatic rings. The zero-order chi connectivity index (χ0) is 33.2. The summed E-state index contributed by atoms with van der Waals surface area (Å²) in [7, 11) is 0. The van der Waals surface area contributed by atoms with Gasteiger partial charge in [-0.3, -0.25) is 19.4 Å². The third-order valence-electron chi connectivity index (χ3n) is 7.67. The molecule has 2 aliphatic rings. The molecule has 11 nitrogen and oxygen atoms in total. The summed E-state index contributed by atoms with van der Waals surface area (Å²) in [5, 5.41) is 18.3. The average molecular weight is 700 g/mol. The third-order valence-corrected chi connectivity index (χ3v) is 8.44. The van der Waals surface area contributed by atoms with Gasteiger partial charge in [-0.2, -0.15) is 18.3 Å². The number of carbonyl (C=O) groups excluding carboxylic acids is 3. The molecule has 2 atom stereocenters. The lowest BCUT2D eigenvalue weighted by Crippen LogP contribution is -2.62. The van der Waals surface area contributed by atoms with Crippen molar-refractivity contribution in [3.8, 4) is 0 Å². The van der Waals surface area contributed by atoms with Gasteiger partial charge < -0.3 is 20.6 Å². The van der Waals surface area contributed by atoms with Crippen molar-refractivity contribution in [1.82, 2.24) is 25.5 Å². The number of aryl methyl sites for hydroxylation is 1. The predicted octanol–water partition coefficient (Wildman–Crippen LogP) is 3.67. The molecule has 1 saturated heterocycles. The van der Waals surface area contributed by atoms with E-state index in [1.807, 2.05) is 0 Å². The van der Waals surface area contributed by atoms with Gasteiger partial charge in [0.15, 0.2) is 0 Å². The van der Waals surface area contributed by atoms with Crippen LogP contribution in [0.15, 0.2) is 52.2 Å². The SMILES string of the molecule is CC(C)(NC(=O)O)C(=O)NC(CCc1cc(F)ccc1Br)C(=O)N1CCC2=NN(CC(F)(F)F)C(=O)[C@]2(Cc2ccccn2)C1. The highest BCUT2D eigenvalue weighted by atomic mass is 79.9. The summed E-state index contributed by atoms with van der Waals surface area (Å²) in [6.07, 6.45) is -4.78. The number of carbonyl (C=O) groups is 4. The molecule has 1 aromatic heterocycles. The topological polar surface area (TPSA) is 144 Å². The zero-order valence-electron chi connectivity index (χ0n) is 24.3. The lowest BCUT2D eigenvalue weighted by Gasteiger charge is -2.41. The van der Waals surface area contributed by atoms with Gasteiger partial charge in [-0.15, -0.1) is 0 Å². The molecule has 1 fully saturated rings. The predicted molar refractivity (Wildman–Crippen MR) is 156 cm³/mol. The van der Waals surface area contributed by atoms with Gasteiger partial charge in [-0.05, 0) is 62.6 Å². The summed E-state index contributed by atoms with van der Waals surface area (Å²) >= 11 is 3.34. The molecule has 3 heterocycles. The molecule has 2 aliphatic heterocycles. The van der Waals surface area contributed by atoms with Crippen LogP contribution in [-0.4, -0.2) is 86.9 Å². The van der Waals surface area contributed by atoms with E-state index in [1.54, 1.807) is 18.2 Å². The summed E-state index contributed by atoms with van der Waals surface area (Å²) in [5.74, 6) is -2.91. The maximum Gasteiger partial charge on any atom is 0.408 e. The van der Waals surface area contributed by atoms with Crippen LogP contribution in [0.5, 0.6) is 0 Å². The van der Waals surface area contributed by atoms with Crippen LogP contribution in [0.3, 0.4) is 0 Å². The largest absolute Gasteiger partial charge is 0.465 e. The highest BCUT2D eigenvalue weighted by Gasteiger charge is 2.56. The minimum absolute atomic E-state index is 0.0123. The molecular weight excluding hydrogens is 668 g/mol. The number of hydrogen-bond acceptors (Lipinski definition) is 6. The molecule has 0 bridgehead atoms. The number of rotatable bonds is 10. The summed E-state index contributed by atoms with van der Waals surface area (Å²) in [6, 6.07) is 7.65. The third kappa shape index (κ3) is 7.96. The molecule has 45 heavy (non-hydrogen) atoms. The second kappa shape index (κ2) is 13.1. The van der Waals surface area contributed by atoms with Crippen LogP contribution in [0, 0.1) is 11.2 Å². The van der Waals surface area contributed by atoms with Crippen molar-refractivity contribution in [2.24, 2.45) is 10.5 Å². The van der Waals surface area contributed by atoms with E-state index in [1.165, 1.54) is 43.1 Å². The summed E-state index contributed by atoms with van der Waals surface area (Å²) in [4.78, 5) is 57.7. The van der Waals surface area contributed by atoms with Crippen LogP contribution in [-0.2, 0) is 27.2 Å². The highest BCUT2D eigenvalue weighted by molar-refractivity contribution is 9.10. The maximum atomic E-state index is 14.1. The molecule has 1 aromatic carbocycles. The van der Waals surface area contributed by atoms with Crippen LogP contribution < -0.4 is 10.6 Å². The van der Waals surface area contributed by atoms with Crippen molar-refractivity contribution in [3.05, 3.63) is 64.1 Å².